The Labute approximate surface area is 155 Å². The number of likely N-dealkylation sites (N-methyl/N-ethyl adjacent to an activating group) is 1. The topological polar surface area (TPSA) is 52.9 Å². The minimum atomic E-state index is 0.340. The van der Waals surface area contributed by atoms with Crippen molar-refractivity contribution in [2.24, 2.45) is 5.92 Å². The van der Waals surface area contributed by atoms with Gasteiger partial charge in [0.1, 0.15) is 5.65 Å². The van der Waals surface area contributed by atoms with Crippen molar-refractivity contribution in [3.8, 4) is 0 Å². The summed E-state index contributed by atoms with van der Waals surface area (Å²) in [6.45, 7) is 6.87. The highest BCUT2D eigenvalue weighted by molar-refractivity contribution is 5.77. The van der Waals surface area contributed by atoms with Crippen molar-refractivity contribution in [2.75, 3.05) is 33.2 Å². The third-order valence-corrected chi connectivity index (χ3v) is 6.03. The van der Waals surface area contributed by atoms with E-state index < -0.39 is 0 Å². The number of hydrogen-bond donors (Lipinski definition) is 1. The van der Waals surface area contributed by atoms with Gasteiger partial charge >= 0.3 is 0 Å². The zero-order valence-electron chi connectivity index (χ0n) is 15.8. The fourth-order valence-corrected chi connectivity index (χ4v) is 4.66. The molecule has 0 saturated carbocycles. The van der Waals surface area contributed by atoms with Crippen LogP contribution in [-0.4, -0.2) is 64.4 Å². The van der Waals surface area contributed by atoms with Gasteiger partial charge in [-0.2, -0.15) is 0 Å². The number of carbonyl (C=O) groups excluding carboxylic acids is 1. The first-order valence-corrected chi connectivity index (χ1v) is 9.76. The summed E-state index contributed by atoms with van der Waals surface area (Å²) in [4.78, 5) is 21.7. The average Bonchev–Trinajstić information content (AvgIpc) is 2.96. The highest BCUT2D eigenvalue weighted by Crippen LogP contribution is 2.32. The summed E-state index contributed by atoms with van der Waals surface area (Å²) < 4.78 is 2.21. The second kappa shape index (κ2) is 7.37. The van der Waals surface area contributed by atoms with Gasteiger partial charge in [0.15, 0.2) is 0 Å². The molecule has 0 aromatic carbocycles. The van der Waals surface area contributed by atoms with Gasteiger partial charge in [0.25, 0.3) is 0 Å². The number of aromatic nitrogens is 2. The number of fused-ring (bicyclic) bond motifs is 2. The second-order valence-electron chi connectivity index (χ2n) is 7.65. The molecule has 6 heteroatoms. The van der Waals surface area contributed by atoms with Gasteiger partial charge in [-0.25, -0.2) is 4.98 Å². The van der Waals surface area contributed by atoms with Crippen LogP contribution in [0, 0.1) is 12.8 Å². The number of aryl methyl sites for hydroxylation is 1. The molecule has 2 aliphatic rings. The van der Waals surface area contributed by atoms with E-state index in [1.807, 2.05) is 13.1 Å². The van der Waals surface area contributed by atoms with Crippen LogP contribution in [0.1, 0.15) is 30.7 Å². The summed E-state index contributed by atoms with van der Waals surface area (Å²) in [5.74, 6) is 0.936. The van der Waals surface area contributed by atoms with Crippen LogP contribution >= 0.6 is 0 Å². The Balaban J connectivity index is 1.47. The number of carbonyl (C=O) groups is 1. The van der Waals surface area contributed by atoms with Gasteiger partial charge in [0, 0.05) is 51.4 Å². The number of amides is 1. The van der Waals surface area contributed by atoms with Gasteiger partial charge in [0.05, 0.1) is 11.4 Å². The molecule has 2 atom stereocenters. The maximum atomic E-state index is 12.4. The van der Waals surface area contributed by atoms with Crippen LogP contribution in [0.25, 0.3) is 5.65 Å². The zero-order chi connectivity index (χ0) is 18.1. The molecule has 2 saturated heterocycles. The molecule has 140 valence electrons. The smallest absolute Gasteiger partial charge is 0.222 e. The summed E-state index contributed by atoms with van der Waals surface area (Å²) in [5, 5.41) is 3.18. The van der Waals surface area contributed by atoms with Gasteiger partial charge < -0.3 is 14.6 Å². The lowest BCUT2D eigenvalue weighted by molar-refractivity contribution is -0.141. The van der Waals surface area contributed by atoms with E-state index in [2.05, 4.69) is 44.8 Å². The van der Waals surface area contributed by atoms with E-state index in [0.717, 1.165) is 56.9 Å². The summed E-state index contributed by atoms with van der Waals surface area (Å²) in [6, 6.07) is 6.59. The van der Waals surface area contributed by atoms with E-state index in [0.29, 0.717) is 24.3 Å². The number of imidazole rings is 1. The lowest BCUT2D eigenvalue weighted by Gasteiger charge is -2.47. The van der Waals surface area contributed by atoms with Crippen LogP contribution in [0.2, 0.25) is 0 Å². The number of likely N-dealkylation sites (tertiary alicyclic amines) is 2. The Morgan fingerprint density at radius 1 is 1.31 bits per heavy atom. The quantitative estimate of drug-likeness (QED) is 0.887. The molecule has 0 unspecified atom stereocenters. The van der Waals surface area contributed by atoms with E-state index in [9.17, 15) is 4.79 Å². The van der Waals surface area contributed by atoms with E-state index in [-0.39, 0.29) is 0 Å². The van der Waals surface area contributed by atoms with E-state index in [4.69, 9.17) is 4.98 Å². The zero-order valence-corrected chi connectivity index (χ0v) is 15.8. The second-order valence-corrected chi connectivity index (χ2v) is 7.65. The predicted octanol–water partition coefficient (Wildman–Crippen LogP) is 1.68. The molecule has 0 bridgehead atoms. The molecule has 2 aromatic rings. The van der Waals surface area contributed by atoms with Gasteiger partial charge in [-0.15, -0.1) is 0 Å². The molecule has 2 fully saturated rings. The standard InChI is InChI=1S/C20H29N5O/c1-15-18(24-10-4-3-5-19(24)22-15)14-23-11-8-17-16(13-23)6-7-20(26)25(17)12-9-21-2/h3-5,10,16-17,21H,6-9,11-14H2,1-2H3/t16-,17+/m0/s1. The lowest BCUT2D eigenvalue weighted by Crippen LogP contribution is -2.56. The van der Waals surface area contributed by atoms with Crippen LogP contribution in [0.4, 0.5) is 0 Å². The number of rotatable bonds is 5. The van der Waals surface area contributed by atoms with Gasteiger partial charge in [-0.05, 0) is 44.9 Å². The van der Waals surface area contributed by atoms with Crippen molar-refractivity contribution in [1.82, 2.24) is 24.5 Å². The Morgan fingerprint density at radius 2 is 2.19 bits per heavy atom. The highest BCUT2D eigenvalue weighted by Gasteiger charge is 2.39. The molecule has 26 heavy (non-hydrogen) atoms. The number of nitrogens with zero attached hydrogens (tertiary/aromatic N) is 4. The third kappa shape index (κ3) is 3.23. The molecular formula is C20H29N5O. The van der Waals surface area contributed by atoms with Crippen LogP contribution in [0.15, 0.2) is 24.4 Å². The predicted molar refractivity (Wildman–Crippen MR) is 102 cm³/mol. The maximum absolute atomic E-state index is 12.4. The molecule has 0 aliphatic carbocycles. The number of pyridine rings is 1. The molecule has 0 spiro atoms. The van der Waals surface area contributed by atoms with Gasteiger partial charge in [-0.3, -0.25) is 9.69 Å². The number of piperidine rings is 2. The molecule has 2 aliphatic heterocycles. The Bertz CT molecular complexity index is 786. The maximum Gasteiger partial charge on any atom is 0.222 e. The normalized spacial score (nSPS) is 24.2. The van der Waals surface area contributed by atoms with Crippen molar-refractivity contribution in [3.63, 3.8) is 0 Å². The summed E-state index contributed by atoms with van der Waals surface area (Å²) >= 11 is 0. The molecule has 4 heterocycles. The van der Waals surface area contributed by atoms with Crippen molar-refractivity contribution >= 4 is 11.6 Å². The Hall–Kier alpha value is -1.92. The van der Waals surface area contributed by atoms with E-state index in [1.165, 1.54) is 5.69 Å². The molecule has 0 radical (unpaired) electrons. The van der Waals surface area contributed by atoms with Gasteiger partial charge in [-0.1, -0.05) is 6.07 Å². The fraction of sp³-hybridized carbons (Fsp3) is 0.600. The van der Waals surface area contributed by atoms with Crippen LogP contribution in [-0.2, 0) is 11.3 Å². The first-order chi connectivity index (χ1) is 12.7. The molecule has 6 nitrogen and oxygen atoms in total. The third-order valence-electron chi connectivity index (χ3n) is 6.03. The highest BCUT2D eigenvalue weighted by atomic mass is 16.2. The monoisotopic (exact) mass is 355 g/mol. The first-order valence-electron chi connectivity index (χ1n) is 9.76. The molecule has 1 amide bonds. The molecule has 2 aromatic heterocycles. The van der Waals surface area contributed by atoms with E-state index >= 15 is 0 Å². The minimum Gasteiger partial charge on any atom is -0.338 e. The first kappa shape index (κ1) is 17.5. The Kier molecular flexibility index (Phi) is 4.96. The minimum absolute atomic E-state index is 0.340. The molecular weight excluding hydrogens is 326 g/mol. The SMILES string of the molecule is CNCCN1C(=O)CC[C@H]2CN(Cc3c(C)nc4ccccn34)CC[C@H]21. The lowest BCUT2D eigenvalue weighted by atomic mass is 9.83. The van der Waals surface area contributed by atoms with Gasteiger partial charge in [0.2, 0.25) is 5.91 Å². The number of nitrogens with one attached hydrogen (secondary N) is 1. The molecule has 4 rings (SSSR count). The van der Waals surface area contributed by atoms with Crippen LogP contribution in [0.3, 0.4) is 0 Å². The molecule has 1 N–H and O–H groups in total. The van der Waals surface area contributed by atoms with Crippen molar-refractivity contribution in [2.45, 2.75) is 38.8 Å². The summed E-state index contributed by atoms with van der Waals surface area (Å²) in [5.41, 5.74) is 3.43. The van der Waals surface area contributed by atoms with E-state index in [1.54, 1.807) is 0 Å². The summed E-state index contributed by atoms with van der Waals surface area (Å²) in [7, 11) is 1.95. The van der Waals surface area contributed by atoms with Crippen molar-refractivity contribution in [1.29, 1.82) is 0 Å². The summed E-state index contributed by atoms with van der Waals surface area (Å²) in [6.07, 6.45) is 4.92. The van der Waals surface area contributed by atoms with Crippen LogP contribution < -0.4 is 5.32 Å². The largest absolute Gasteiger partial charge is 0.338 e. The number of hydrogen-bond acceptors (Lipinski definition) is 4. The van der Waals surface area contributed by atoms with Crippen LogP contribution in [0.5, 0.6) is 0 Å². The average molecular weight is 355 g/mol. The van der Waals surface area contributed by atoms with Crippen molar-refractivity contribution < 1.29 is 4.79 Å². The Morgan fingerprint density at radius 3 is 3.04 bits per heavy atom. The fourth-order valence-electron chi connectivity index (χ4n) is 4.66. The van der Waals surface area contributed by atoms with Crippen molar-refractivity contribution in [3.05, 3.63) is 35.8 Å².